The lowest BCUT2D eigenvalue weighted by atomic mass is 10.0. The molecule has 0 saturated heterocycles. The minimum absolute atomic E-state index is 0.00788. The number of hydrogen-bond donors (Lipinski definition) is 1. The lowest BCUT2D eigenvalue weighted by Gasteiger charge is -2.14. The Hall–Kier alpha value is -0.970. The third kappa shape index (κ3) is 3.32. The molecule has 100 valence electrons. The van der Waals surface area contributed by atoms with Crippen LogP contribution < -0.4 is 0 Å². The summed E-state index contributed by atoms with van der Waals surface area (Å²) in [5.74, 6) is -1.06. The second kappa shape index (κ2) is 5.99. The van der Waals surface area contributed by atoms with Crippen molar-refractivity contribution in [1.82, 2.24) is 0 Å². The molecule has 0 bridgehead atoms. The van der Waals surface area contributed by atoms with Gasteiger partial charge in [0.2, 0.25) is 0 Å². The van der Waals surface area contributed by atoms with Crippen LogP contribution in [-0.4, -0.2) is 5.11 Å². The van der Waals surface area contributed by atoms with E-state index in [9.17, 15) is 13.9 Å². The fraction of sp³-hybridized carbons (Fsp3) is 0.143. The van der Waals surface area contributed by atoms with Crippen molar-refractivity contribution in [1.29, 1.82) is 0 Å². The molecule has 0 saturated carbocycles. The molecule has 0 radical (unpaired) electrons. The highest BCUT2D eigenvalue weighted by atomic mass is 79.9. The number of hydrogen-bond acceptors (Lipinski definition) is 1. The van der Waals surface area contributed by atoms with Gasteiger partial charge >= 0.3 is 0 Å². The van der Waals surface area contributed by atoms with Gasteiger partial charge in [0, 0.05) is 21.5 Å². The van der Waals surface area contributed by atoms with E-state index in [2.05, 4.69) is 15.9 Å². The van der Waals surface area contributed by atoms with Crippen molar-refractivity contribution < 1.29 is 13.9 Å². The predicted molar refractivity (Wildman–Crippen MR) is 74.2 cm³/mol. The van der Waals surface area contributed by atoms with E-state index >= 15 is 0 Å². The van der Waals surface area contributed by atoms with E-state index in [0.29, 0.717) is 10.0 Å². The number of rotatable bonds is 3. The first-order valence-corrected chi connectivity index (χ1v) is 6.72. The van der Waals surface area contributed by atoms with Crippen molar-refractivity contribution in [2.45, 2.75) is 12.5 Å². The molecule has 0 fully saturated rings. The van der Waals surface area contributed by atoms with Crippen LogP contribution in [0.15, 0.2) is 40.9 Å². The third-order valence-electron chi connectivity index (χ3n) is 2.76. The molecule has 5 heteroatoms. The van der Waals surface area contributed by atoms with Crippen molar-refractivity contribution in [2.24, 2.45) is 0 Å². The first-order valence-electron chi connectivity index (χ1n) is 5.55. The lowest BCUT2D eigenvalue weighted by Crippen LogP contribution is -2.06. The summed E-state index contributed by atoms with van der Waals surface area (Å²) in [6, 6.07) is 8.65. The average Bonchev–Trinajstić information content (AvgIpc) is 2.32. The van der Waals surface area contributed by atoms with Gasteiger partial charge in [-0.15, -0.1) is 0 Å². The predicted octanol–water partition coefficient (Wildman–Crippen LogP) is 4.66. The summed E-state index contributed by atoms with van der Waals surface area (Å²) < 4.78 is 27.9. The van der Waals surface area contributed by atoms with Gasteiger partial charge < -0.3 is 5.11 Å². The summed E-state index contributed by atoms with van der Waals surface area (Å²) in [5.41, 5.74) is 0.293. The maximum Gasteiger partial charge on any atom is 0.130 e. The molecule has 1 atom stereocenters. The topological polar surface area (TPSA) is 20.2 Å². The van der Waals surface area contributed by atoms with Gasteiger partial charge in [-0.1, -0.05) is 39.7 Å². The standard InChI is InChI=1S/C14H10BrClF2O/c15-9-5-4-8(12(18)7-9)6-13(19)14-10(16)2-1-3-11(14)17/h1-5,7,13,19H,6H2. The van der Waals surface area contributed by atoms with Gasteiger partial charge in [0.05, 0.1) is 6.10 Å². The highest BCUT2D eigenvalue weighted by molar-refractivity contribution is 9.10. The molecule has 0 aliphatic carbocycles. The van der Waals surface area contributed by atoms with E-state index in [1.807, 2.05) is 0 Å². The maximum absolute atomic E-state index is 13.7. The molecule has 1 nitrogen and oxygen atoms in total. The molecule has 1 N–H and O–H groups in total. The molecule has 0 aromatic heterocycles. The Morgan fingerprint density at radius 3 is 2.53 bits per heavy atom. The zero-order valence-corrected chi connectivity index (χ0v) is 12.0. The Kier molecular flexibility index (Phi) is 4.55. The molecule has 1 unspecified atom stereocenters. The SMILES string of the molecule is OC(Cc1ccc(Br)cc1F)c1c(F)cccc1Cl. The van der Waals surface area contributed by atoms with E-state index in [1.165, 1.54) is 30.3 Å². The first kappa shape index (κ1) is 14.4. The molecular weight excluding hydrogens is 338 g/mol. The van der Waals surface area contributed by atoms with Crippen molar-refractivity contribution >= 4 is 27.5 Å². The van der Waals surface area contributed by atoms with E-state index in [0.717, 1.165) is 0 Å². The van der Waals surface area contributed by atoms with Crippen LogP contribution in [0.4, 0.5) is 8.78 Å². The summed E-state index contributed by atoms with van der Waals surface area (Å²) in [7, 11) is 0. The molecule has 0 spiro atoms. The molecule has 0 aliphatic heterocycles. The molecule has 0 heterocycles. The molecule has 0 amide bonds. The van der Waals surface area contributed by atoms with E-state index in [-0.39, 0.29) is 17.0 Å². The van der Waals surface area contributed by atoms with Crippen LogP contribution >= 0.6 is 27.5 Å². The van der Waals surface area contributed by atoms with Gasteiger partial charge in [0.25, 0.3) is 0 Å². The zero-order chi connectivity index (χ0) is 14.0. The first-order chi connectivity index (χ1) is 8.99. The zero-order valence-electron chi connectivity index (χ0n) is 9.71. The lowest BCUT2D eigenvalue weighted by molar-refractivity contribution is 0.172. The number of halogens is 4. The second-order valence-corrected chi connectivity index (χ2v) is 5.41. The number of benzene rings is 2. The minimum Gasteiger partial charge on any atom is -0.388 e. The summed E-state index contributed by atoms with van der Waals surface area (Å²) in [6.07, 6.45) is -1.23. The van der Waals surface area contributed by atoms with Gasteiger partial charge in [0.1, 0.15) is 11.6 Å². The van der Waals surface area contributed by atoms with Crippen LogP contribution in [0, 0.1) is 11.6 Å². The van der Waals surface area contributed by atoms with Crippen LogP contribution in [-0.2, 0) is 6.42 Å². The van der Waals surface area contributed by atoms with Crippen molar-refractivity contribution in [3.05, 3.63) is 68.7 Å². The molecule has 2 rings (SSSR count). The van der Waals surface area contributed by atoms with Crippen molar-refractivity contribution in [2.75, 3.05) is 0 Å². The fourth-order valence-electron chi connectivity index (χ4n) is 1.83. The molecular formula is C14H10BrClF2O. The smallest absolute Gasteiger partial charge is 0.130 e. The third-order valence-corrected chi connectivity index (χ3v) is 3.58. The molecule has 0 aliphatic rings. The van der Waals surface area contributed by atoms with Gasteiger partial charge in [-0.2, -0.15) is 0 Å². The summed E-state index contributed by atoms with van der Waals surface area (Å²) in [6.45, 7) is 0. The van der Waals surface area contributed by atoms with Crippen LogP contribution in [0.25, 0.3) is 0 Å². The Morgan fingerprint density at radius 1 is 1.16 bits per heavy atom. The van der Waals surface area contributed by atoms with Crippen LogP contribution in [0.3, 0.4) is 0 Å². The molecule has 2 aromatic rings. The fourth-order valence-corrected chi connectivity index (χ4v) is 2.45. The summed E-state index contributed by atoms with van der Waals surface area (Å²) in [4.78, 5) is 0. The van der Waals surface area contributed by atoms with E-state index in [4.69, 9.17) is 11.6 Å². The van der Waals surface area contributed by atoms with Crippen LogP contribution in [0.1, 0.15) is 17.2 Å². The highest BCUT2D eigenvalue weighted by Gasteiger charge is 2.18. The van der Waals surface area contributed by atoms with Crippen molar-refractivity contribution in [3.63, 3.8) is 0 Å². The van der Waals surface area contributed by atoms with Crippen LogP contribution in [0.2, 0.25) is 5.02 Å². The van der Waals surface area contributed by atoms with Gasteiger partial charge in [-0.05, 0) is 29.8 Å². The second-order valence-electron chi connectivity index (χ2n) is 4.09. The van der Waals surface area contributed by atoms with E-state index in [1.54, 1.807) is 6.07 Å². The largest absolute Gasteiger partial charge is 0.388 e. The van der Waals surface area contributed by atoms with Crippen molar-refractivity contribution in [3.8, 4) is 0 Å². The summed E-state index contributed by atoms with van der Waals surface area (Å²) in [5, 5.41) is 10.2. The molecule has 19 heavy (non-hydrogen) atoms. The number of aliphatic hydroxyl groups excluding tert-OH is 1. The summed E-state index contributed by atoms with van der Waals surface area (Å²) >= 11 is 9.00. The van der Waals surface area contributed by atoms with Crippen LogP contribution in [0.5, 0.6) is 0 Å². The Bertz CT molecular complexity index is 584. The Balaban J connectivity index is 2.28. The monoisotopic (exact) mass is 346 g/mol. The minimum atomic E-state index is -1.19. The number of aliphatic hydroxyl groups is 1. The van der Waals surface area contributed by atoms with Gasteiger partial charge in [-0.25, -0.2) is 8.78 Å². The molecule has 2 aromatic carbocycles. The average molecular weight is 348 g/mol. The van der Waals surface area contributed by atoms with E-state index < -0.39 is 17.7 Å². The van der Waals surface area contributed by atoms with Gasteiger partial charge in [0.15, 0.2) is 0 Å². The quantitative estimate of drug-likeness (QED) is 0.856. The Morgan fingerprint density at radius 2 is 1.89 bits per heavy atom. The maximum atomic E-state index is 13.7. The van der Waals surface area contributed by atoms with Gasteiger partial charge in [-0.3, -0.25) is 0 Å². The highest BCUT2D eigenvalue weighted by Crippen LogP contribution is 2.29. The normalized spacial score (nSPS) is 12.5. The Labute approximate surface area is 123 Å².